The van der Waals surface area contributed by atoms with Crippen LogP contribution < -0.4 is 9.47 Å². The summed E-state index contributed by atoms with van der Waals surface area (Å²) in [4.78, 5) is 11.0. The van der Waals surface area contributed by atoms with Crippen LogP contribution in [0, 0.1) is 0 Å². The molecular formula is C28H30O3. The first kappa shape index (κ1) is 21.2. The molecule has 160 valence electrons. The molecule has 1 aliphatic rings. The zero-order valence-electron chi connectivity index (χ0n) is 18.4. The molecule has 4 rings (SSSR count). The van der Waals surface area contributed by atoms with E-state index in [1.807, 2.05) is 24.3 Å². The van der Waals surface area contributed by atoms with Crippen LogP contribution in [0.2, 0.25) is 0 Å². The number of carbonyl (C=O) groups excluding carboxylic acids is 1. The highest BCUT2D eigenvalue weighted by atomic mass is 16.5. The van der Waals surface area contributed by atoms with Crippen molar-refractivity contribution in [3.8, 4) is 22.6 Å². The normalized spacial score (nSPS) is 11.7. The van der Waals surface area contributed by atoms with Crippen LogP contribution in [-0.2, 0) is 24.1 Å². The van der Waals surface area contributed by atoms with Crippen molar-refractivity contribution >= 4 is 5.97 Å². The number of aryl methyl sites for hydroxylation is 2. The van der Waals surface area contributed by atoms with Gasteiger partial charge in [-0.2, -0.15) is 0 Å². The Bertz CT molecular complexity index is 1050. The van der Waals surface area contributed by atoms with Crippen molar-refractivity contribution in [2.24, 2.45) is 0 Å². The van der Waals surface area contributed by atoms with Crippen molar-refractivity contribution in [2.75, 3.05) is 6.61 Å². The highest BCUT2D eigenvalue weighted by molar-refractivity contribution is 5.77. The van der Waals surface area contributed by atoms with Crippen LogP contribution in [0.3, 0.4) is 0 Å². The fraction of sp³-hybridized carbons (Fsp3) is 0.321. The van der Waals surface area contributed by atoms with Crippen molar-refractivity contribution < 1.29 is 14.3 Å². The molecule has 31 heavy (non-hydrogen) atoms. The van der Waals surface area contributed by atoms with Crippen LogP contribution >= 0.6 is 0 Å². The third-order valence-corrected chi connectivity index (χ3v) is 5.82. The third-order valence-electron chi connectivity index (χ3n) is 5.82. The van der Waals surface area contributed by atoms with Gasteiger partial charge in [-0.15, -0.1) is 0 Å². The molecule has 0 saturated carbocycles. The van der Waals surface area contributed by atoms with E-state index in [1.165, 1.54) is 53.1 Å². The first-order valence-electron chi connectivity index (χ1n) is 11.3. The van der Waals surface area contributed by atoms with Gasteiger partial charge in [0, 0.05) is 6.92 Å². The van der Waals surface area contributed by atoms with E-state index >= 15 is 0 Å². The smallest absolute Gasteiger partial charge is 0.308 e. The van der Waals surface area contributed by atoms with E-state index in [-0.39, 0.29) is 5.97 Å². The van der Waals surface area contributed by atoms with Gasteiger partial charge < -0.3 is 9.47 Å². The van der Waals surface area contributed by atoms with E-state index in [2.05, 4.69) is 43.3 Å². The van der Waals surface area contributed by atoms with Crippen LogP contribution in [0.1, 0.15) is 55.4 Å². The molecule has 0 aromatic heterocycles. The molecule has 0 radical (unpaired) electrons. The lowest BCUT2D eigenvalue weighted by Crippen LogP contribution is -2.01. The van der Waals surface area contributed by atoms with Crippen molar-refractivity contribution in [1.82, 2.24) is 0 Å². The Kier molecular flexibility index (Phi) is 6.71. The maximum absolute atomic E-state index is 11.0. The van der Waals surface area contributed by atoms with Crippen LogP contribution in [0.15, 0.2) is 60.7 Å². The Hall–Kier alpha value is -3.07. The average Bonchev–Trinajstić information content (AvgIpc) is 3.13. The number of benzene rings is 3. The summed E-state index contributed by atoms with van der Waals surface area (Å²) in [7, 11) is 0. The summed E-state index contributed by atoms with van der Waals surface area (Å²) in [5.41, 5.74) is 8.05. The molecule has 0 heterocycles. The fourth-order valence-electron chi connectivity index (χ4n) is 4.21. The molecule has 0 unspecified atom stereocenters. The van der Waals surface area contributed by atoms with Gasteiger partial charge in [-0.25, -0.2) is 0 Å². The lowest BCUT2D eigenvalue weighted by molar-refractivity contribution is -0.131. The van der Waals surface area contributed by atoms with Gasteiger partial charge in [-0.3, -0.25) is 4.79 Å². The first-order chi connectivity index (χ1) is 15.1. The number of fused-ring (bicyclic) bond motifs is 3. The highest BCUT2D eigenvalue weighted by Crippen LogP contribution is 2.39. The molecular weight excluding hydrogens is 384 g/mol. The van der Waals surface area contributed by atoms with Crippen LogP contribution in [0.25, 0.3) is 11.1 Å². The van der Waals surface area contributed by atoms with Crippen molar-refractivity contribution in [1.29, 1.82) is 0 Å². The lowest BCUT2D eigenvalue weighted by Gasteiger charge is -2.08. The van der Waals surface area contributed by atoms with Crippen molar-refractivity contribution in [3.05, 3.63) is 82.9 Å². The quantitative estimate of drug-likeness (QED) is 0.177. The predicted octanol–water partition coefficient (Wildman–Crippen LogP) is 6.54. The maximum Gasteiger partial charge on any atom is 0.308 e. The molecule has 3 nitrogen and oxygen atoms in total. The Morgan fingerprint density at radius 1 is 0.806 bits per heavy atom. The minimum atomic E-state index is -0.290. The van der Waals surface area contributed by atoms with Gasteiger partial charge in [0.25, 0.3) is 0 Å². The van der Waals surface area contributed by atoms with Crippen LogP contribution in [0.5, 0.6) is 11.5 Å². The molecule has 0 amide bonds. The molecule has 3 aromatic carbocycles. The minimum absolute atomic E-state index is 0.290. The van der Waals surface area contributed by atoms with Crippen LogP contribution in [0.4, 0.5) is 0 Å². The zero-order chi connectivity index (χ0) is 21.6. The lowest BCUT2D eigenvalue weighted by atomic mass is 9.99. The minimum Gasteiger partial charge on any atom is -0.494 e. The largest absolute Gasteiger partial charge is 0.494 e. The maximum atomic E-state index is 11.0. The first-order valence-corrected chi connectivity index (χ1v) is 11.3. The van der Waals surface area contributed by atoms with Gasteiger partial charge in [-0.1, -0.05) is 56.2 Å². The predicted molar refractivity (Wildman–Crippen MR) is 125 cm³/mol. The van der Waals surface area contributed by atoms with Crippen molar-refractivity contribution in [2.45, 2.75) is 52.4 Å². The molecule has 0 atom stereocenters. The number of unbranched alkanes of at least 4 members (excludes halogenated alkanes) is 2. The summed E-state index contributed by atoms with van der Waals surface area (Å²) < 4.78 is 11.1. The number of esters is 1. The molecule has 3 aromatic rings. The molecule has 0 N–H and O–H groups in total. The summed E-state index contributed by atoms with van der Waals surface area (Å²) in [5, 5.41) is 0. The summed E-state index contributed by atoms with van der Waals surface area (Å²) in [6, 6.07) is 21.2. The van der Waals surface area contributed by atoms with Crippen molar-refractivity contribution in [3.63, 3.8) is 0 Å². The number of rotatable bonds is 9. The van der Waals surface area contributed by atoms with Gasteiger partial charge in [0.2, 0.25) is 0 Å². The zero-order valence-corrected chi connectivity index (χ0v) is 18.4. The summed E-state index contributed by atoms with van der Waals surface area (Å²) in [6.45, 7) is 4.43. The molecule has 3 heteroatoms. The molecule has 1 aliphatic carbocycles. The standard InChI is InChI=1S/C28H30O3/c1-3-4-5-16-30-26-13-15-28-24(19-26)18-23-17-22(10-14-27(23)28)7-6-21-8-11-25(12-9-21)31-20(2)29/h8-15,17,19H,3-7,16,18H2,1-2H3. The molecule has 0 aliphatic heterocycles. The Morgan fingerprint density at radius 2 is 1.45 bits per heavy atom. The Morgan fingerprint density at radius 3 is 2.19 bits per heavy atom. The molecule has 0 bridgehead atoms. The molecule has 0 fully saturated rings. The number of hydrogen-bond acceptors (Lipinski definition) is 3. The average molecular weight is 415 g/mol. The van der Waals surface area contributed by atoms with Gasteiger partial charge >= 0.3 is 5.97 Å². The number of carbonyl (C=O) groups is 1. The van der Waals surface area contributed by atoms with Gasteiger partial charge in [0.05, 0.1) is 6.61 Å². The molecule has 0 spiro atoms. The highest BCUT2D eigenvalue weighted by Gasteiger charge is 2.19. The third kappa shape index (κ3) is 5.35. The van der Waals surface area contributed by atoms with E-state index in [4.69, 9.17) is 9.47 Å². The van der Waals surface area contributed by atoms with Gasteiger partial charge in [-0.05, 0) is 83.3 Å². The monoisotopic (exact) mass is 414 g/mol. The second-order valence-corrected chi connectivity index (χ2v) is 8.28. The fourth-order valence-corrected chi connectivity index (χ4v) is 4.21. The number of hydrogen-bond donors (Lipinski definition) is 0. The Labute approximate surface area is 185 Å². The number of ether oxygens (including phenoxy) is 2. The second kappa shape index (κ2) is 9.82. The van der Waals surface area contributed by atoms with E-state index in [9.17, 15) is 4.79 Å². The van der Waals surface area contributed by atoms with E-state index in [0.717, 1.165) is 38.0 Å². The van der Waals surface area contributed by atoms with Crippen LogP contribution in [-0.4, -0.2) is 12.6 Å². The van der Waals surface area contributed by atoms with E-state index in [0.29, 0.717) is 5.75 Å². The second-order valence-electron chi connectivity index (χ2n) is 8.28. The Balaban J connectivity index is 1.37. The van der Waals surface area contributed by atoms with Gasteiger partial charge in [0.1, 0.15) is 11.5 Å². The van der Waals surface area contributed by atoms with E-state index in [1.54, 1.807) is 0 Å². The topological polar surface area (TPSA) is 35.5 Å². The summed E-state index contributed by atoms with van der Waals surface area (Å²) in [6.07, 6.45) is 6.47. The van der Waals surface area contributed by atoms with E-state index < -0.39 is 0 Å². The summed E-state index contributed by atoms with van der Waals surface area (Å²) >= 11 is 0. The SMILES string of the molecule is CCCCCOc1ccc2c(c1)Cc1cc(CCc3ccc(OC(C)=O)cc3)ccc1-2. The van der Waals surface area contributed by atoms with Gasteiger partial charge in [0.15, 0.2) is 0 Å². The summed E-state index contributed by atoms with van der Waals surface area (Å²) in [5.74, 6) is 1.29. The molecule has 0 saturated heterocycles.